The number of carbonyl (C=O) groups excluding carboxylic acids is 3. The molecular weight excluding hydrogens is 486 g/mol. The highest BCUT2D eigenvalue weighted by Crippen LogP contribution is 2.23. The van der Waals surface area contributed by atoms with Crippen LogP contribution in [-0.2, 0) is 32.0 Å². The van der Waals surface area contributed by atoms with Crippen molar-refractivity contribution >= 4 is 23.9 Å². The second-order valence-corrected chi connectivity index (χ2v) is 10.6. The first-order chi connectivity index (χ1) is 18.0. The monoisotopic (exact) mass is 523 g/mol. The molecule has 0 aromatic heterocycles. The van der Waals surface area contributed by atoms with Crippen molar-refractivity contribution in [2.45, 2.75) is 70.2 Å². The summed E-state index contributed by atoms with van der Waals surface area (Å²) < 4.78 is 5.49. The van der Waals surface area contributed by atoms with Crippen LogP contribution in [0.5, 0.6) is 0 Å². The molecule has 1 fully saturated rings. The van der Waals surface area contributed by atoms with Crippen LogP contribution >= 0.6 is 0 Å². The standard InChI is InChI=1S/C29H37N3O6/c1-29(2,3)38-28(37)32-17-11-16-23(32)26(34)31(4)24(19-21-14-9-6-10-15-21)25(33)30-22(27(35)36)18-20-12-7-5-8-13-20/h5-10,12-15,22-24H,11,16-19H2,1-4H3,(H,30,33)(H,35,36)/t22-,23-,24-/m0/s1. The average Bonchev–Trinajstić information content (AvgIpc) is 3.36. The van der Waals surface area contributed by atoms with E-state index in [9.17, 15) is 24.3 Å². The molecule has 0 unspecified atom stereocenters. The van der Waals surface area contributed by atoms with E-state index >= 15 is 0 Å². The van der Waals surface area contributed by atoms with E-state index in [1.807, 2.05) is 36.4 Å². The smallest absolute Gasteiger partial charge is 0.410 e. The fourth-order valence-corrected chi connectivity index (χ4v) is 4.51. The number of carbonyl (C=O) groups is 4. The van der Waals surface area contributed by atoms with Gasteiger partial charge in [-0.05, 0) is 44.7 Å². The predicted molar refractivity (Wildman–Crippen MR) is 142 cm³/mol. The highest BCUT2D eigenvalue weighted by molar-refractivity contribution is 5.93. The third kappa shape index (κ3) is 7.81. The molecule has 2 aromatic rings. The molecule has 1 aliphatic heterocycles. The van der Waals surface area contributed by atoms with E-state index in [-0.39, 0.29) is 18.7 Å². The Bertz CT molecular complexity index is 1120. The van der Waals surface area contributed by atoms with Crippen LogP contribution in [-0.4, -0.2) is 76.1 Å². The number of likely N-dealkylation sites (N-methyl/N-ethyl adjacent to an activating group) is 1. The van der Waals surface area contributed by atoms with Crippen LogP contribution in [0.3, 0.4) is 0 Å². The largest absolute Gasteiger partial charge is 0.480 e. The second kappa shape index (κ2) is 12.6. The summed E-state index contributed by atoms with van der Waals surface area (Å²) in [5.74, 6) is -2.13. The van der Waals surface area contributed by atoms with E-state index in [0.717, 1.165) is 11.1 Å². The lowest BCUT2D eigenvalue weighted by atomic mass is 10.0. The van der Waals surface area contributed by atoms with Gasteiger partial charge >= 0.3 is 12.1 Å². The van der Waals surface area contributed by atoms with Crippen LogP contribution in [0.4, 0.5) is 4.79 Å². The van der Waals surface area contributed by atoms with Crippen LogP contribution in [0.1, 0.15) is 44.7 Å². The highest BCUT2D eigenvalue weighted by Gasteiger charge is 2.41. The summed E-state index contributed by atoms with van der Waals surface area (Å²) >= 11 is 0. The maximum Gasteiger partial charge on any atom is 0.410 e. The molecule has 3 rings (SSSR count). The highest BCUT2D eigenvalue weighted by atomic mass is 16.6. The van der Waals surface area contributed by atoms with Gasteiger partial charge in [-0.3, -0.25) is 14.5 Å². The van der Waals surface area contributed by atoms with E-state index in [2.05, 4.69) is 5.32 Å². The first kappa shape index (κ1) is 28.7. The van der Waals surface area contributed by atoms with Gasteiger partial charge < -0.3 is 20.1 Å². The van der Waals surface area contributed by atoms with Crippen molar-refractivity contribution in [1.82, 2.24) is 15.1 Å². The number of nitrogens with one attached hydrogen (secondary N) is 1. The molecule has 2 aromatic carbocycles. The van der Waals surface area contributed by atoms with Gasteiger partial charge in [-0.15, -0.1) is 0 Å². The Balaban J connectivity index is 1.82. The number of nitrogens with zero attached hydrogens (tertiary/aromatic N) is 2. The van der Waals surface area contributed by atoms with Crippen molar-refractivity contribution in [3.63, 3.8) is 0 Å². The predicted octanol–water partition coefficient (Wildman–Crippen LogP) is 3.27. The number of ether oxygens (including phenoxy) is 1. The summed E-state index contributed by atoms with van der Waals surface area (Å²) in [7, 11) is 1.52. The van der Waals surface area contributed by atoms with Crippen molar-refractivity contribution in [3.05, 3.63) is 71.8 Å². The number of aliphatic carboxylic acids is 1. The number of amides is 3. The minimum atomic E-state index is -1.17. The Hall–Kier alpha value is -3.88. The first-order valence-electron chi connectivity index (χ1n) is 12.8. The molecule has 0 saturated carbocycles. The molecule has 0 radical (unpaired) electrons. The second-order valence-electron chi connectivity index (χ2n) is 10.6. The first-order valence-corrected chi connectivity index (χ1v) is 12.8. The van der Waals surface area contributed by atoms with Crippen molar-refractivity contribution in [2.24, 2.45) is 0 Å². The Morgan fingerprint density at radius 3 is 2.08 bits per heavy atom. The zero-order chi connectivity index (χ0) is 27.9. The van der Waals surface area contributed by atoms with Gasteiger partial charge in [0.05, 0.1) is 0 Å². The van der Waals surface area contributed by atoms with Crippen molar-refractivity contribution in [2.75, 3.05) is 13.6 Å². The molecule has 0 spiro atoms. The summed E-state index contributed by atoms with van der Waals surface area (Å²) in [4.78, 5) is 54.7. The summed E-state index contributed by atoms with van der Waals surface area (Å²) in [6.45, 7) is 5.67. The molecule has 204 valence electrons. The normalized spacial score (nSPS) is 16.8. The SMILES string of the molecule is CN(C(=O)[C@@H]1CCCN1C(=O)OC(C)(C)C)[C@@H](Cc1ccccc1)C(=O)N[C@@H](Cc1ccccc1)C(=O)O. The van der Waals surface area contributed by atoms with Crippen molar-refractivity contribution in [1.29, 1.82) is 0 Å². The lowest BCUT2D eigenvalue weighted by Crippen LogP contribution is -2.57. The Morgan fingerprint density at radius 1 is 1.00 bits per heavy atom. The minimum absolute atomic E-state index is 0.104. The molecule has 1 saturated heterocycles. The molecular formula is C29H37N3O6. The van der Waals surface area contributed by atoms with Crippen LogP contribution in [0.25, 0.3) is 0 Å². The number of carboxylic acid groups (broad SMARTS) is 1. The van der Waals surface area contributed by atoms with Crippen molar-refractivity contribution < 1.29 is 29.0 Å². The summed E-state index contributed by atoms with van der Waals surface area (Å²) in [6.07, 6.45) is 0.809. The fraction of sp³-hybridized carbons (Fsp3) is 0.448. The zero-order valence-corrected chi connectivity index (χ0v) is 22.4. The Kier molecular flexibility index (Phi) is 9.50. The molecule has 1 heterocycles. The molecule has 0 bridgehead atoms. The summed E-state index contributed by atoms with van der Waals surface area (Å²) in [6, 6.07) is 15.3. The van der Waals surface area contributed by atoms with E-state index in [4.69, 9.17) is 4.74 Å². The van der Waals surface area contributed by atoms with Gasteiger partial charge in [0, 0.05) is 26.4 Å². The van der Waals surface area contributed by atoms with Crippen LogP contribution in [0, 0.1) is 0 Å². The zero-order valence-electron chi connectivity index (χ0n) is 22.4. The number of hydrogen-bond acceptors (Lipinski definition) is 5. The molecule has 9 heteroatoms. The van der Waals surface area contributed by atoms with Crippen LogP contribution in [0.15, 0.2) is 60.7 Å². The van der Waals surface area contributed by atoms with E-state index in [0.29, 0.717) is 19.4 Å². The number of hydrogen-bond donors (Lipinski definition) is 2. The maximum absolute atomic E-state index is 13.7. The van der Waals surface area contributed by atoms with Gasteiger partial charge in [-0.2, -0.15) is 0 Å². The third-order valence-electron chi connectivity index (χ3n) is 6.45. The Labute approximate surface area is 223 Å². The number of rotatable bonds is 9. The van der Waals surface area contributed by atoms with Gasteiger partial charge in [-0.1, -0.05) is 60.7 Å². The molecule has 3 amide bonds. The lowest BCUT2D eigenvalue weighted by Gasteiger charge is -2.34. The molecule has 1 aliphatic rings. The number of carboxylic acids is 1. The molecule has 0 aliphatic carbocycles. The molecule has 3 atom stereocenters. The van der Waals surface area contributed by atoms with Crippen LogP contribution in [0.2, 0.25) is 0 Å². The lowest BCUT2D eigenvalue weighted by molar-refractivity contribution is -0.145. The van der Waals surface area contributed by atoms with E-state index < -0.39 is 41.7 Å². The van der Waals surface area contributed by atoms with Crippen LogP contribution < -0.4 is 5.32 Å². The summed E-state index contributed by atoms with van der Waals surface area (Å²) in [5, 5.41) is 12.4. The van der Waals surface area contributed by atoms with E-state index in [1.165, 1.54) is 16.8 Å². The van der Waals surface area contributed by atoms with Gasteiger partial charge in [0.2, 0.25) is 11.8 Å². The quantitative estimate of drug-likeness (QED) is 0.521. The molecule has 9 nitrogen and oxygen atoms in total. The van der Waals surface area contributed by atoms with Crippen molar-refractivity contribution in [3.8, 4) is 0 Å². The van der Waals surface area contributed by atoms with Gasteiger partial charge in [0.1, 0.15) is 23.7 Å². The average molecular weight is 524 g/mol. The third-order valence-corrected chi connectivity index (χ3v) is 6.45. The van der Waals surface area contributed by atoms with Gasteiger partial charge in [-0.25, -0.2) is 9.59 Å². The Morgan fingerprint density at radius 2 is 1.55 bits per heavy atom. The van der Waals surface area contributed by atoms with Gasteiger partial charge in [0.25, 0.3) is 0 Å². The number of likely N-dealkylation sites (tertiary alicyclic amines) is 1. The summed E-state index contributed by atoms with van der Waals surface area (Å²) in [5.41, 5.74) is 0.875. The number of benzene rings is 2. The molecule has 2 N–H and O–H groups in total. The molecule has 38 heavy (non-hydrogen) atoms. The van der Waals surface area contributed by atoms with E-state index in [1.54, 1.807) is 45.0 Å². The maximum atomic E-state index is 13.7. The van der Waals surface area contributed by atoms with Gasteiger partial charge in [0.15, 0.2) is 0 Å². The minimum Gasteiger partial charge on any atom is -0.480 e. The topological polar surface area (TPSA) is 116 Å². The fourth-order valence-electron chi connectivity index (χ4n) is 4.51.